The van der Waals surface area contributed by atoms with Gasteiger partial charge in [-0.15, -0.1) is 0 Å². The lowest BCUT2D eigenvalue weighted by atomic mass is 10.0. The van der Waals surface area contributed by atoms with Gasteiger partial charge in [0.15, 0.2) is 0 Å². The number of nitrogens with one attached hydrogen (secondary N) is 2. The zero-order valence-electron chi connectivity index (χ0n) is 22.4. The van der Waals surface area contributed by atoms with E-state index in [0.29, 0.717) is 29.6 Å². The summed E-state index contributed by atoms with van der Waals surface area (Å²) in [5, 5.41) is 10.4. The second-order valence-corrected chi connectivity index (χ2v) is 10.9. The first-order valence-electron chi connectivity index (χ1n) is 13.6. The van der Waals surface area contributed by atoms with Gasteiger partial charge < -0.3 is 24.6 Å². The van der Waals surface area contributed by atoms with Crippen molar-refractivity contribution in [1.29, 1.82) is 0 Å². The van der Waals surface area contributed by atoms with E-state index >= 15 is 0 Å². The minimum atomic E-state index is -4.51. The highest BCUT2D eigenvalue weighted by Crippen LogP contribution is 2.47. The molecule has 4 aromatic rings. The molecule has 4 atom stereocenters. The van der Waals surface area contributed by atoms with Crippen LogP contribution in [-0.4, -0.2) is 64.0 Å². The van der Waals surface area contributed by atoms with Gasteiger partial charge >= 0.3 is 6.18 Å². The van der Waals surface area contributed by atoms with E-state index in [-0.39, 0.29) is 48.2 Å². The van der Waals surface area contributed by atoms with Crippen LogP contribution in [0.3, 0.4) is 0 Å². The first kappa shape index (κ1) is 27.3. The number of nitrogens with zero attached hydrogens (tertiary/aromatic N) is 4. The number of hydrogen-bond acceptors (Lipinski definition) is 6. The molecule has 2 N–H and O–H groups in total. The van der Waals surface area contributed by atoms with Crippen molar-refractivity contribution in [2.75, 3.05) is 25.5 Å². The Hall–Kier alpha value is -3.93. The molecule has 41 heavy (non-hydrogen) atoms. The standard InChI is InChI=1S/C29H30F4N6O2/c1-38-11-10-23(21(30)15-38)35-22-8-5-9-24-20(22)13-25(39(24)16-29(31,32)33)27-36-26(41-37-27)14-34-28(40)19-12-18(19)17-6-3-2-4-7-17/h2-9,13,18-19,21,23,35H,10-12,14-16H2,1H3,(H,34,40)/t18-,19+,21+,23-/m0/s1. The third-order valence-corrected chi connectivity index (χ3v) is 7.83. The van der Waals surface area contributed by atoms with Crippen molar-refractivity contribution in [3.63, 3.8) is 0 Å². The number of fused-ring (bicyclic) bond motifs is 1. The highest BCUT2D eigenvalue weighted by Gasteiger charge is 2.43. The lowest BCUT2D eigenvalue weighted by Crippen LogP contribution is -2.46. The molecule has 1 aliphatic heterocycles. The molecule has 2 aromatic heterocycles. The molecule has 2 aliphatic rings. The van der Waals surface area contributed by atoms with Crippen molar-refractivity contribution in [3.05, 3.63) is 66.1 Å². The lowest BCUT2D eigenvalue weighted by molar-refractivity contribution is -0.139. The quantitative estimate of drug-likeness (QED) is 0.286. The summed E-state index contributed by atoms with van der Waals surface area (Å²) < 4.78 is 62.1. The number of hydrogen-bond donors (Lipinski definition) is 2. The van der Waals surface area contributed by atoms with E-state index < -0.39 is 24.9 Å². The van der Waals surface area contributed by atoms with Crippen LogP contribution >= 0.6 is 0 Å². The minimum absolute atomic E-state index is 0.0307. The predicted octanol–water partition coefficient (Wildman–Crippen LogP) is 5.13. The van der Waals surface area contributed by atoms with Crippen molar-refractivity contribution in [1.82, 2.24) is 24.9 Å². The van der Waals surface area contributed by atoms with Crippen LogP contribution < -0.4 is 10.6 Å². The van der Waals surface area contributed by atoms with E-state index in [1.807, 2.05) is 42.3 Å². The number of piperidine rings is 1. The maximum atomic E-state index is 14.7. The van der Waals surface area contributed by atoms with Crippen molar-refractivity contribution in [2.24, 2.45) is 5.92 Å². The highest BCUT2D eigenvalue weighted by atomic mass is 19.4. The Morgan fingerprint density at radius 1 is 1.15 bits per heavy atom. The van der Waals surface area contributed by atoms with Gasteiger partial charge in [0.1, 0.15) is 12.7 Å². The van der Waals surface area contributed by atoms with Gasteiger partial charge in [0.25, 0.3) is 0 Å². The normalized spacial score (nSPS) is 23.0. The van der Waals surface area contributed by atoms with Gasteiger partial charge in [-0.2, -0.15) is 18.2 Å². The Morgan fingerprint density at radius 3 is 2.71 bits per heavy atom. The highest BCUT2D eigenvalue weighted by molar-refractivity contribution is 5.96. The predicted molar refractivity (Wildman–Crippen MR) is 145 cm³/mol. The molecule has 2 aromatic carbocycles. The second kappa shape index (κ2) is 10.8. The summed E-state index contributed by atoms with van der Waals surface area (Å²) in [5.41, 5.74) is 2.07. The molecule has 0 bridgehead atoms. The van der Waals surface area contributed by atoms with Gasteiger partial charge in [-0.1, -0.05) is 41.6 Å². The zero-order chi connectivity index (χ0) is 28.7. The van der Waals surface area contributed by atoms with Crippen LogP contribution in [0.1, 0.15) is 30.2 Å². The van der Waals surface area contributed by atoms with E-state index in [9.17, 15) is 22.4 Å². The number of likely N-dealkylation sites (tertiary alicyclic amines) is 1. The van der Waals surface area contributed by atoms with Gasteiger partial charge in [-0.3, -0.25) is 4.79 Å². The summed E-state index contributed by atoms with van der Waals surface area (Å²) in [7, 11) is 1.85. The summed E-state index contributed by atoms with van der Waals surface area (Å²) >= 11 is 0. The maximum absolute atomic E-state index is 14.7. The summed E-state index contributed by atoms with van der Waals surface area (Å²) in [6.45, 7) is -0.309. The fraction of sp³-hybridized carbons (Fsp3) is 0.414. The SMILES string of the molecule is CN1CC[C@H](Nc2cccc3c2cc(-c2noc(CNC(=O)[C@@H]4C[C@H]4c4ccccc4)n2)n3CC(F)(F)F)[C@H](F)C1. The number of amides is 1. The monoisotopic (exact) mass is 570 g/mol. The number of aromatic nitrogens is 3. The molecule has 216 valence electrons. The van der Waals surface area contributed by atoms with Gasteiger partial charge in [-0.05, 0) is 49.6 Å². The number of carbonyl (C=O) groups is 1. The van der Waals surface area contributed by atoms with E-state index in [1.165, 1.54) is 0 Å². The van der Waals surface area contributed by atoms with Crippen LogP contribution in [0.4, 0.5) is 23.2 Å². The van der Waals surface area contributed by atoms with Crippen LogP contribution in [0.5, 0.6) is 0 Å². The molecule has 6 rings (SSSR count). The van der Waals surface area contributed by atoms with Crippen molar-refractivity contribution in [3.8, 4) is 11.5 Å². The van der Waals surface area contributed by atoms with Crippen molar-refractivity contribution in [2.45, 2.75) is 50.2 Å². The Bertz CT molecular complexity index is 1540. The maximum Gasteiger partial charge on any atom is 0.406 e. The Balaban J connectivity index is 1.22. The van der Waals surface area contributed by atoms with Crippen LogP contribution in [0, 0.1) is 5.92 Å². The molecule has 2 fully saturated rings. The Kier molecular flexibility index (Phi) is 7.18. The molecule has 12 heteroatoms. The fourth-order valence-electron chi connectivity index (χ4n) is 5.64. The summed E-state index contributed by atoms with van der Waals surface area (Å²) in [4.78, 5) is 18.8. The number of rotatable bonds is 8. The van der Waals surface area contributed by atoms with Gasteiger partial charge in [0.05, 0.1) is 23.8 Å². The number of benzene rings is 2. The topological polar surface area (TPSA) is 88.2 Å². The Morgan fingerprint density at radius 2 is 1.95 bits per heavy atom. The molecular weight excluding hydrogens is 540 g/mol. The van der Waals surface area contributed by atoms with E-state index in [0.717, 1.165) is 16.6 Å². The third kappa shape index (κ3) is 5.92. The Labute approximate surface area is 233 Å². The summed E-state index contributed by atoms with van der Waals surface area (Å²) in [6.07, 6.45) is -4.31. The molecule has 0 unspecified atom stereocenters. The van der Waals surface area contributed by atoms with E-state index in [1.54, 1.807) is 24.3 Å². The molecular formula is C29H30F4N6O2. The van der Waals surface area contributed by atoms with Crippen LogP contribution in [0.25, 0.3) is 22.4 Å². The van der Waals surface area contributed by atoms with E-state index in [2.05, 4.69) is 20.8 Å². The summed E-state index contributed by atoms with van der Waals surface area (Å²) in [6, 6.07) is 15.8. The minimum Gasteiger partial charge on any atom is -0.379 e. The van der Waals surface area contributed by atoms with Crippen LogP contribution in [0.15, 0.2) is 59.1 Å². The first-order chi connectivity index (χ1) is 19.7. The molecule has 1 saturated heterocycles. The molecule has 0 radical (unpaired) electrons. The third-order valence-electron chi connectivity index (χ3n) is 7.83. The first-order valence-corrected chi connectivity index (χ1v) is 13.6. The fourth-order valence-corrected chi connectivity index (χ4v) is 5.64. The van der Waals surface area contributed by atoms with Gasteiger partial charge in [-0.25, -0.2) is 4.39 Å². The van der Waals surface area contributed by atoms with Crippen LogP contribution in [-0.2, 0) is 17.9 Å². The molecule has 3 heterocycles. The van der Waals surface area contributed by atoms with Gasteiger partial charge in [0.2, 0.25) is 17.6 Å². The summed E-state index contributed by atoms with van der Waals surface area (Å²) in [5.74, 6) is -0.0671. The largest absolute Gasteiger partial charge is 0.406 e. The smallest absolute Gasteiger partial charge is 0.379 e. The van der Waals surface area contributed by atoms with Crippen molar-refractivity contribution >= 4 is 22.5 Å². The molecule has 8 nitrogen and oxygen atoms in total. The van der Waals surface area contributed by atoms with Crippen molar-refractivity contribution < 1.29 is 26.9 Å². The zero-order valence-corrected chi connectivity index (χ0v) is 22.4. The second-order valence-electron chi connectivity index (χ2n) is 10.9. The number of anilines is 1. The molecule has 1 aliphatic carbocycles. The van der Waals surface area contributed by atoms with Gasteiger partial charge in [0, 0.05) is 30.1 Å². The molecule has 1 amide bonds. The lowest BCUT2D eigenvalue weighted by Gasteiger charge is -2.33. The van der Waals surface area contributed by atoms with Crippen LogP contribution in [0.2, 0.25) is 0 Å². The average molecular weight is 571 g/mol. The molecule has 1 saturated carbocycles. The average Bonchev–Trinajstić information content (AvgIpc) is 3.47. The molecule has 0 spiro atoms. The number of carbonyl (C=O) groups excluding carboxylic acids is 1. The van der Waals surface area contributed by atoms with E-state index in [4.69, 9.17) is 4.52 Å². The number of alkyl halides is 4. The number of halogens is 4.